The average Bonchev–Trinajstić information content (AvgIpc) is 3.57. The smallest absolute Gasteiger partial charge is 0.119 e. The third-order valence-corrected chi connectivity index (χ3v) is 8.58. The normalized spacial score (nSPS) is 26.0. The van der Waals surface area contributed by atoms with Crippen LogP contribution in [-0.4, -0.2) is 36.2 Å². The molecule has 0 bridgehead atoms. The molecule has 1 saturated heterocycles. The fourth-order valence-electron chi connectivity index (χ4n) is 6.72. The first-order valence-corrected chi connectivity index (χ1v) is 12.0. The zero-order chi connectivity index (χ0) is 21.2. The molecule has 0 radical (unpaired) electrons. The molecular formula is C28H34N2O. The molecule has 2 heterocycles. The number of rotatable bonds is 4. The van der Waals surface area contributed by atoms with E-state index in [2.05, 4.69) is 65.9 Å². The van der Waals surface area contributed by atoms with E-state index in [-0.39, 0.29) is 5.41 Å². The van der Waals surface area contributed by atoms with Gasteiger partial charge < -0.3 is 14.2 Å². The van der Waals surface area contributed by atoms with Crippen molar-refractivity contribution in [3.05, 3.63) is 64.8 Å². The van der Waals surface area contributed by atoms with Crippen molar-refractivity contribution in [1.82, 2.24) is 9.47 Å². The van der Waals surface area contributed by atoms with Gasteiger partial charge in [-0.2, -0.15) is 0 Å². The molecule has 0 amide bonds. The highest BCUT2D eigenvalue weighted by Crippen LogP contribution is 2.50. The summed E-state index contributed by atoms with van der Waals surface area (Å²) in [5.74, 6) is 2.61. The van der Waals surface area contributed by atoms with Crippen LogP contribution in [0.4, 0.5) is 0 Å². The number of fused-ring (bicyclic) bond motifs is 4. The maximum absolute atomic E-state index is 5.65. The van der Waals surface area contributed by atoms with Crippen LogP contribution in [0.2, 0.25) is 0 Å². The molecule has 3 nitrogen and oxygen atoms in total. The van der Waals surface area contributed by atoms with Crippen LogP contribution in [0.5, 0.6) is 5.75 Å². The number of methoxy groups -OCH3 is 1. The van der Waals surface area contributed by atoms with Crippen LogP contribution >= 0.6 is 0 Å². The second kappa shape index (κ2) is 7.13. The van der Waals surface area contributed by atoms with Crippen molar-refractivity contribution in [2.75, 3.05) is 26.7 Å². The maximum atomic E-state index is 5.65. The highest BCUT2D eigenvalue weighted by atomic mass is 16.5. The zero-order valence-electron chi connectivity index (χ0n) is 19.2. The topological polar surface area (TPSA) is 17.4 Å². The SMILES string of the molecule is COc1cccc(C23CCN(CC4CC4)CC2Cc2c(n(C)c4c(C)cccc24)C3)c1. The molecule has 2 aromatic carbocycles. The van der Waals surface area contributed by atoms with Crippen LogP contribution in [0.3, 0.4) is 0 Å². The molecule has 3 aliphatic rings. The van der Waals surface area contributed by atoms with Gasteiger partial charge in [-0.3, -0.25) is 0 Å². The molecule has 1 saturated carbocycles. The minimum atomic E-state index is 0.206. The minimum absolute atomic E-state index is 0.206. The number of benzene rings is 2. The lowest BCUT2D eigenvalue weighted by molar-refractivity contribution is 0.0775. The highest BCUT2D eigenvalue weighted by molar-refractivity contribution is 5.88. The number of likely N-dealkylation sites (tertiary alicyclic amines) is 1. The summed E-state index contributed by atoms with van der Waals surface area (Å²) in [5, 5.41) is 1.48. The first kappa shape index (κ1) is 19.4. The fourth-order valence-corrected chi connectivity index (χ4v) is 6.72. The van der Waals surface area contributed by atoms with Crippen LogP contribution in [0.25, 0.3) is 10.9 Å². The summed E-state index contributed by atoms with van der Waals surface area (Å²) in [7, 11) is 4.08. The molecule has 162 valence electrons. The Kier molecular flexibility index (Phi) is 4.47. The molecule has 2 unspecified atom stereocenters. The van der Waals surface area contributed by atoms with Gasteiger partial charge in [-0.25, -0.2) is 0 Å². The zero-order valence-corrected chi connectivity index (χ0v) is 19.2. The lowest BCUT2D eigenvalue weighted by atomic mass is 9.58. The quantitative estimate of drug-likeness (QED) is 0.579. The van der Waals surface area contributed by atoms with E-state index in [1.54, 1.807) is 18.4 Å². The summed E-state index contributed by atoms with van der Waals surface area (Å²) < 4.78 is 8.15. The van der Waals surface area contributed by atoms with Crippen LogP contribution < -0.4 is 4.74 Å². The highest BCUT2D eigenvalue weighted by Gasteiger charge is 2.49. The number of aryl methyl sites for hydroxylation is 2. The lowest BCUT2D eigenvalue weighted by Gasteiger charge is -2.51. The van der Waals surface area contributed by atoms with Gasteiger partial charge in [0, 0.05) is 36.6 Å². The number of hydrogen-bond donors (Lipinski definition) is 0. The predicted molar refractivity (Wildman–Crippen MR) is 127 cm³/mol. The second-order valence-corrected chi connectivity index (χ2v) is 10.4. The van der Waals surface area contributed by atoms with Gasteiger partial charge in [0.1, 0.15) is 5.75 Å². The molecule has 1 aromatic heterocycles. The first-order valence-electron chi connectivity index (χ1n) is 12.0. The van der Waals surface area contributed by atoms with Crippen LogP contribution in [-0.2, 0) is 25.3 Å². The van der Waals surface area contributed by atoms with Crippen LogP contribution in [0.1, 0.15) is 41.6 Å². The van der Waals surface area contributed by atoms with Crippen molar-refractivity contribution < 1.29 is 4.74 Å². The number of nitrogens with zero attached hydrogens (tertiary/aromatic N) is 2. The van der Waals surface area contributed by atoms with Gasteiger partial charge in [0.05, 0.1) is 12.6 Å². The van der Waals surface area contributed by atoms with Crippen LogP contribution in [0, 0.1) is 18.8 Å². The van der Waals surface area contributed by atoms with E-state index in [0.717, 1.165) is 18.1 Å². The molecule has 0 N–H and O–H groups in total. The molecule has 3 aromatic rings. The molecule has 2 fully saturated rings. The fraction of sp³-hybridized carbons (Fsp3) is 0.500. The number of para-hydroxylation sites is 1. The molecule has 3 heteroatoms. The van der Waals surface area contributed by atoms with E-state index in [4.69, 9.17) is 4.74 Å². The van der Waals surface area contributed by atoms with Crippen molar-refractivity contribution in [1.29, 1.82) is 0 Å². The number of hydrogen-bond acceptors (Lipinski definition) is 2. The Morgan fingerprint density at radius 1 is 1.13 bits per heavy atom. The second-order valence-electron chi connectivity index (χ2n) is 10.4. The Bertz CT molecular complexity index is 1140. The largest absolute Gasteiger partial charge is 0.497 e. The maximum Gasteiger partial charge on any atom is 0.119 e. The molecule has 2 atom stereocenters. The molecule has 1 aliphatic heterocycles. The Morgan fingerprint density at radius 2 is 1.97 bits per heavy atom. The van der Waals surface area contributed by atoms with Crippen LogP contribution in [0.15, 0.2) is 42.5 Å². The van der Waals surface area contributed by atoms with Crippen molar-refractivity contribution >= 4 is 10.9 Å². The number of aromatic nitrogens is 1. The average molecular weight is 415 g/mol. The summed E-state index contributed by atoms with van der Waals surface area (Å²) in [6, 6.07) is 15.8. The lowest BCUT2D eigenvalue weighted by Crippen LogP contribution is -2.54. The Morgan fingerprint density at radius 3 is 2.77 bits per heavy atom. The van der Waals surface area contributed by atoms with E-state index in [1.807, 2.05) is 0 Å². The van der Waals surface area contributed by atoms with E-state index >= 15 is 0 Å². The van der Waals surface area contributed by atoms with Crippen molar-refractivity contribution in [3.8, 4) is 5.75 Å². The van der Waals surface area contributed by atoms with Gasteiger partial charge in [-0.1, -0.05) is 30.3 Å². The van der Waals surface area contributed by atoms with Gasteiger partial charge in [-0.05, 0) is 86.2 Å². The standard InChI is InChI=1S/C28H34N2O/c1-19-6-4-9-24-25-15-22-18-30(17-20-10-11-20)13-12-28(22,16-26(25)29(2)27(19)24)21-7-5-8-23(14-21)31-3/h4-9,14,20,22H,10-13,15-18H2,1-3H3. The molecule has 6 rings (SSSR count). The van der Waals surface area contributed by atoms with Crippen molar-refractivity contribution in [2.24, 2.45) is 18.9 Å². The summed E-state index contributed by atoms with van der Waals surface area (Å²) in [6.07, 6.45) is 6.46. The Hall–Kier alpha value is -2.26. The van der Waals surface area contributed by atoms with Gasteiger partial charge in [-0.15, -0.1) is 0 Å². The molecule has 0 spiro atoms. The number of piperidine rings is 1. The summed E-state index contributed by atoms with van der Waals surface area (Å²) in [6.45, 7) is 6.03. The summed E-state index contributed by atoms with van der Waals surface area (Å²) in [4.78, 5) is 2.78. The minimum Gasteiger partial charge on any atom is -0.497 e. The van der Waals surface area contributed by atoms with E-state index in [0.29, 0.717) is 5.92 Å². The van der Waals surface area contributed by atoms with E-state index in [9.17, 15) is 0 Å². The van der Waals surface area contributed by atoms with Crippen molar-refractivity contribution in [2.45, 2.75) is 44.4 Å². The Balaban J connectivity index is 1.48. The molecule has 2 aliphatic carbocycles. The molecular weight excluding hydrogens is 380 g/mol. The predicted octanol–water partition coefficient (Wildman–Crippen LogP) is 5.26. The van der Waals surface area contributed by atoms with Gasteiger partial charge in [0.2, 0.25) is 0 Å². The Labute approximate surface area is 186 Å². The van der Waals surface area contributed by atoms with Gasteiger partial charge >= 0.3 is 0 Å². The third-order valence-electron chi connectivity index (χ3n) is 8.58. The molecule has 31 heavy (non-hydrogen) atoms. The van der Waals surface area contributed by atoms with Crippen molar-refractivity contribution in [3.63, 3.8) is 0 Å². The first-order chi connectivity index (χ1) is 15.1. The van der Waals surface area contributed by atoms with E-state index < -0.39 is 0 Å². The summed E-state index contributed by atoms with van der Waals surface area (Å²) in [5.41, 5.74) is 7.68. The van der Waals surface area contributed by atoms with E-state index in [1.165, 1.54) is 67.3 Å². The third kappa shape index (κ3) is 3.04. The number of ether oxygens (including phenoxy) is 1. The monoisotopic (exact) mass is 414 g/mol. The summed E-state index contributed by atoms with van der Waals surface area (Å²) >= 11 is 0. The van der Waals surface area contributed by atoms with Gasteiger partial charge in [0.15, 0.2) is 0 Å². The van der Waals surface area contributed by atoms with Gasteiger partial charge in [0.25, 0.3) is 0 Å².